The lowest BCUT2D eigenvalue weighted by Crippen LogP contribution is -2.10. The van der Waals surface area contributed by atoms with Gasteiger partial charge in [-0.2, -0.15) is 13.2 Å². The van der Waals surface area contributed by atoms with Crippen LogP contribution >= 0.6 is 0 Å². The first-order chi connectivity index (χ1) is 8.43. The number of aryl methyl sites for hydroxylation is 1. The van der Waals surface area contributed by atoms with Gasteiger partial charge in [0.15, 0.2) is 0 Å². The lowest BCUT2D eigenvalue weighted by molar-refractivity contribution is -0.142. The molecule has 0 aliphatic rings. The van der Waals surface area contributed by atoms with E-state index in [4.69, 9.17) is 0 Å². The Hall–Kier alpha value is -1.49. The molecule has 0 aliphatic heterocycles. The van der Waals surface area contributed by atoms with Gasteiger partial charge in [0.05, 0.1) is 0 Å². The van der Waals surface area contributed by atoms with Gasteiger partial charge in [-0.25, -0.2) is 0 Å². The minimum Gasteiger partial charge on any atom is -0.340 e. The van der Waals surface area contributed by atoms with E-state index in [-0.39, 0.29) is 0 Å². The first-order valence-electron chi connectivity index (χ1n) is 5.73. The highest BCUT2D eigenvalue weighted by Crippen LogP contribution is 2.33. The fourth-order valence-corrected chi connectivity index (χ4v) is 2.10. The lowest BCUT2D eigenvalue weighted by atomic mass is 10.1. The van der Waals surface area contributed by atoms with Gasteiger partial charge in [-0.3, -0.25) is 0 Å². The van der Waals surface area contributed by atoms with Crippen molar-refractivity contribution in [1.29, 1.82) is 0 Å². The first-order valence-corrected chi connectivity index (χ1v) is 5.73. The molecule has 2 rings (SSSR count). The van der Waals surface area contributed by atoms with E-state index in [0.717, 1.165) is 18.5 Å². The number of benzene rings is 1. The van der Waals surface area contributed by atoms with Crippen LogP contribution < -0.4 is 5.32 Å². The van der Waals surface area contributed by atoms with Gasteiger partial charge in [0.1, 0.15) is 5.69 Å². The van der Waals surface area contributed by atoms with Crippen LogP contribution in [-0.2, 0) is 19.6 Å². The third-order valence-electron chi connectivity index (χ3n) is 3.06. The van der Waals surface area contributed by atoms with Gasteiger partial charge in [0, 0.05) is 18.0 Å². The van der Waals surface area contributed by atoms with Crippen LogP contribution in [0.15, 0.2) is 24.3 Å². The van der Waals surface area contributed by atoms with E-state index in [0.29, 0.717) is 10.9 Å². The molecule has 0 saturated heterocycles. The molecule has 18 heavy (non-hydrogen) atoms. The van der Waals surface area contributed by atoms with E-state index < -0.39 is 11.9 Å². The molecule has 1 aromatic carbocycles. The second-order valence-corrected chi connectivity index (χ2v) is 4.33. The summed E-state index contributed by atoms with van der Waals surface area (Å²) in [6.07, 6.45) is -3.50. The smallest absolute Gasteiger partial charge is 0.340 e. The fourth-order valence-electron chi connectivity index (χ4n) is 2.10. The molecule has 0 saturated carbocycles. The third kappa shape index (κ3) is 2.36. The predicted molar refractivity (Wildman–Crippen MR) is 65.6 cm³/mol. The van der Waals surface area contributed by atoms with Crippen molar-refractivity contribution in [3.05, 3.63) is 35.5 Å². The maximum atomic E-state index is 12.8. The highest BCUT2D eigenvalue weighted by Gasteiger charge is 2.34. The maximum Gasteiger partial charge on any atom is 0.431 e. The Kier molecular flexibility index (Phi) is 3.34. The van der Waals surface area contributed by atoms with E-state index in [1.165, 1.54) is 17.7 Å². The minimum absolute atomic E-state index is 0.607. The van der Waals surface area contributed by atoms with Crippen LogP contribution in [0.25, 0.3) is 10.9 Å². The summed E-state index contributed by atoms with van der Waals surface area (Å²) in [4.78, 5) is 0. The molecule has 2 aromatic rings. The zero-order valence-corrected chi connectivity index (χ0v) is 10.3. The second kappa shape index (κ2) is 4.65. The molecule has 0 fully saturated rings. The van der Waals surface area contributed by atoms with Crippen LogP contribution in [0.5, 0.6) is 0 Å². The van der Waals surface area contributed by atoms with Crippen LogP contribution in [0.1, 0.15) is 11.3 Å². The van der Waals surface area contributed by atoms with Crippen molar-refractivity contribution in [2.24, 2.45) is 7.05 Å². The summed E-state index contributed by atoms with van der Waals surface area (Å²) in [5, 5.41) is 3.66. The first kappa shape index (κ1) is 13.0. The number of halogens is 3. The van der Waals surface area contributed by atoms with Gasteiger partial charge in [-0.1, -0.05) is 6.07 Å². The summed E-state index contributed by atoms with van der Waals surface area (Å²) in [5.41, 5.74) is 1.04. The number of aromatic nitrogens is 1. The average molecular weight is 256 g/mol. The number of fused-ring (bicyclic) bond motifs is 1. The van der Waals surface area contributed by atoms with E-state index in [9.17, 15) is 13.2 Å². The monoisotopic (exact) mass is 256 g/mol. The third-order valence-corrected chi connectivity index (χ3v) is 3.06. The van der Waals surface area contributed by atoms with Crippen molar-refractivity contribution >= 4 is 10.9 Å². The van der Waals surface area contributed by atoms with E-state index in [1.54, 1.807) is 6.07 Å². The highest BCUT2D eigenvalue weighted by atomic mass is 19.4. The number of hydrogen-bond donors (Lipinski definition) is 1. The zero-order chi connectivity index (χ0) is 13.3. The molecule has 1 aromatic heterocycles. The van der Waals surface area contributed by atoms with Crippen LogP contribution in [0.3, 0.4) is 0 Å². The topological polar surface area (TPSA) is 17.0 Å². The van der Waals surface area contributed by atoms with Gasteiger partial charge in [0.25, 0.3) is 0 Å². The standard InChI is InChI=1S/C13H15F3N2/c1-17-6-5-9-3-4-11-10(7-9)8-12(18(11)2)13(14,15)16/h3-4,7-8,17H,5-6H2,1-2H3. The summed E-state index contributed by atoms with van der Waals surface area (Å²) in [5.74, 6) is 0. The molecule has 0 spiro atoms. The predicted octanol–water partition coefficient (Wildman–Crippen LogP) is 2.96. The average Bonchev–Trinajstić information content (AvgIpc) is 2.63. The molecular weight excluding hydrogens is 241 g/mol. The molecule has 0 bridgehead atoms. The summed E-state index contributed by atoms with van der Waals surface area (Å²) < 4.78 is 39.5. The molecule has 5 heteroatoms. The van der Waals surface area contributed by atoms with Crippen molar-refractivity contribution in [3.63, 3.8) is 0 Å². The Morgan fingerprint density at radius 2 is 1.94 bits per heavy atom. The van der Waals surface area contributed by atoms with Crippen molar-refractivity contribution in [1.82, 2.24) is 9.88 Å². The Bertz CT molecular complexity index is 555. The summed E-state index contributed by atoms with van der Waals surface area (Å²) >= 11 is 0. The molecule has 1 heterocycles. The molecular formula is C13H15F3N2. The van der Waals surface area contributed by atoms with Crippen LogP contribution in [-0.4, -0.2) is 18.2 Å². The maximum absolute atomic E-state index is 12.8. The SMILES string of the molecule is CNCCc1ccc2c(c1)cc(C(F)(F)F)n2C. The van der Waals surface area contributed by atoms with Crippen molar-refractivity contribution < 1.29 is 13.2 Å². The van der Waals surface area contributed by atoms with Crippen LogP contribution in [0, 0.1) is 0 Å². The number of nitrogens with zero attached hydrogens (tertiary/aromatic N) is 1. The molecule has 0 aliphatic carbocycles. The highest BCUT2D eigenvalue weighted by molar-refractivity contribution is 5.82. The van der Waals surface area contributed by atoms with Crippen molar-refractivity contribution in [3.8, 4) is 0 Å². The summed E-state index contributed by atoms with van der Waals surface area (Å²) in [7, 11) is 3.29. The molecule has 0 radical (unpaired) electrons. The number of hydrogen-bond acceptors (Lipinski definition) is 1. The normalized spacial score (nSPS) is 12.3. The second-order valence-electron chi connectivity index (χ2n) is 4.33. The Morgan fingerprint density at radius 1 is 1.22 bits per heavy atom. The molecule has 0 atom stereocenters. The molecule has 1 N–H and O–H groups in total. The lowest BCUT2D eigenvalue weighted by Gasteiger charge is -2.07. The van der Waals surface area contributed by atoms with E-state index in [2.05, 4.69) is 5.32 Å². The Balaban J connectivity index is 2.45. The quantitative estimate of drug-likeness (QED) is 0.893. The minimum atomic E-state index is -4.31. The van der Waals surface area contributed by atoms with Gasteiger partial charge in [0.2, 0.25) is 0 Å². The number of nitrogens with one attached hydrogen (secondary N) is 1. The molecule has 2 nitrogen and oxygen atoms in total. The number of likely N-dealkylation sites (N-methyl/N-ethyl adjacent to an activating group) is 1. The van der Waals surface area contributed by atoms with Gasteiger partial charge in [-0.15, -0.1) is 0 Å². The largest absolute Gasteiger partial charge is 0.431 e. The van der Waals surface area contributed by atoms with E-state index in [1.807, 2.05) is 19.2 Å². The summed E-state index contributed by atoms with van der Waals surface area (Å²) in [6.45, 7) is 0.810. The zero-order valence-electron chi connectivity index (χ0n) is 10.3. The molecule has 0 unspecified atom stereocenters. The summed E-state index contributed by atoms with van der Waals surface area (Å²) in [6, 6.07) is 6.65. The van der Waals surface area contributed by atoms with Crippen LogP contribution in [0.2, 0.25) is 0 Å². The fraction of sp³-hybridized carbons (Fsp3) is 0.385. The molecule has 98 valence electrons. The van der Waals surface area contributed by atoms with Crippen molar-refractivity contribution in [2.45, 2.75) is 12.6 Å². The van der Waals surface area contributed by atoms with Gasteiger partial charge < -0.3 is 9.88 Å². The number of alkyl halides is 3. The van der Waals surface area contributed by atoms with Crippen LogP contribution in [0.4, 0.5) is 13.2 Å². The van der Waals surface area contributed by atoms with Gasteiger partial charge in [-0.05, 0) is 43.8 Å². The van der Waals surface area contributed by atoms with Gasteiger partial charge >= 0.3 is 6.18 Å². The number of rotatable bonds is 3. The Morgan fingerprint density at radius 3 is 2.56 bits per heavy atom. The van der Waals surface area contributed by atoms with Crippen molar-refractivity contribution in [2.75, 3.05) is 13.6 Å². The molecule has 0 amide bonds. The van der Waals surface area contributed by atoms with E-state index >= 15 is 0 Å². The Labute approximate surface area is 103 Å².